The Morgan fingerprint density at radius 3 is 2.37 bits per heavy atom. The van der Waals surface area contributed by atoms with Gasteiger partial charge in [-0.1, -0.05) is 15.9 Å². The number of halogens is 4. The van der Waals surface area contributed by atoms with Crippen LogP contribution >= 0.6 is 15.9 Å². The van der Waals surface area contributed by atoms with Crippen LogP contribution in [0.1, 0.15) is 29.8 Å². The summed E-state index contributed by atoms with van der Waals surface area (Å²) in [6.45, 7) is 2.81. The topological polar surface area (TPSA) is 49.3 Å². The standard InChI is InChI=1S/C12H13BrF3NO2/c1-11(2,6-18)17-10(19)7-3-8(12(14,15)16)5-9(13)4-7/h3-5,18H,6H2,1-2H3,(H,17,19). The molecule has 1 amide bonds. The molecule has 0 bridgehead atoms. The largest absolute Gasteiger partial charge is 0.416 e. The van der Waals surface area contributed by atoms with Crippen LogP contribution in [0.25, 0.3) is 0 Å². The maximum absolute atomic E-state index is 12.6. The average molecular weight is 340 g/mol. The molecule has 0 spiro atoms. The van der Waals surface area contributed by atoms with Gasteiger partial charge in [0.1, 0.15) is 0 Å². The van der Waals surface area contributed by atoms with E-state index in [0.29, 0.717) is 0 Å². The second-order valence-corrected chi connectivity index (χ2v) is 5.64. The second kappa shape index (κ2) is 5.50. The van der Waals surface area contributed by atoms with Gasteiger partial charge in [-0.3, -0.25) is 4.79 Å². The molecule has 1 rings (SSSR count). The maximum Gasteiger partial charge on any atom is 0.416 e. The fraction of sp³-hybridized carbons (Fsp3) is 0.417. The van der Waals surface area contributed by atoms with Gasteiger partial charge in [0.25, 0.3) is 5.91 Å². The van der Waals surface area contributed by atoms with Gasteiger partial charge in [-0.25, -0.2) is 0 Å². The van der Waals surface area contributed by atoms with Gasteiger partial charge in [-0.05, 0) is 32.0 Å². The number of nitrogens with one attached hydrogen (secondary N) is 1. The Morgan fingerprint density at radius 2 is 1.89 bits per heavy atom. The van der Waals surface area contributed by atoms with Crippen molar-refractivity contribution in [2.75, 3.05) is 6.61 Å². The molecule has 0 aliphatic heterocycles. The molecule has 3 nitrogen and oxygen atoms in total. The number of alkyl halides is 3. The van der Waals surface area contributed by atoms with E-state index in [4.69, 9.17) is 5.11 Å². The van der Waals surface area contributed by atoms with Crippen molar-refractivity contribution in [1.29, 1.82) is 0 Å². The van der Waals surface area contributed by atoms with Crippen LogP contribution in [0.15, 0.2) is 22.7 Å². The molecular weight excluding hydrogens is 327 g/mol. The molecule has 0 radical (unpaired) electrons. The second-order valence-electron chi connectivity index (χ2n) is 4.72. The molecule has 0 heterocycles. The molecule has 0 aliphatic carbocycles. The first-order valence-electron chi connectivity index (χ1n) is 5.36. The van der Waals surface area contributed by atoms with Gasteiger partial charge < -0.3 is 10.4 Å². The molecular formula is C12H13BrF3NO2. The van der Waals surface area contributed by atoms with E-state index >= 15 is 0 Å². The number of aliphatic hydroxyl groups excluding tert-OH is 1. The average Bonchev–Trinajstić information content (AvgIpc) is 2.26. The predicted molar refractivity (Wildman–Crippen MR) is 67.8 cm³/mol. The Morgan fingerprint density at radius 1 is 1.32 bits per heavy atom. The molecule has 0 unspecified atom stereocenters. The van der Waals surface area contributed by atoms with Gasteiger partial charge in [-0.15, -0.1) is 0 Å². The SMILES string of the molecule is CC(C)(CO)NC(=O)c1cc(Br)cc(C(F)(F)F)c1. The minimum absolute atomic E-state index is 0.122. The van der Waals surface area contributed by atoms with Crippen LogP contribution in [0.3, 0.4) is 0 Å². The molecule has 0 fully saturated rings. The summed E-state index contributed by atoms with van der Waals surface area (Å²) >= 11 is 2.94. The highest BCUT2D eigenvalue weighted by Gasteiger charge is 2.32. The summed E-state index contributed by atoms with van der Waals surface area (Å²) in [6, 6.07) is 2.96. The molecule has 0 aromatic heterocycles. The lowest BCUT2D eigenvalue weighted by molar-refractivity contribution is -0.137. The van der Waals surface area contributed by atoms with Crippen molar-refractivity contribution in [3.8, 4) is 0 Å². The number of benzene rings is 1. The summed E-state index contributed by atoms with van der Waals surface area (Å²) in [5, 5.41) is 11.5. The van der Waals surface area contributed by atoms with E-state index in [9.17, 15) is 18.0 Å². The van der Waals surface area contributed by atoms with E-state index in [1.807, 2.05) is 0 Å². The van der Waals surface area contributed by atoms with Crippen molar-refractivity contribution in [3.63, 3.8) is 0 Å². The first kappa shape index (κ1) is 16.0. The highest BCUT2D eigenvalue weighted by molar-refractivity contribution is 9.10. The normalized spacial score (nSPS) is 12.4. The van der Waals surface area contributed by atoms with Crippen LogP contribution in [0.2, 0.25) is 0 Å². The first-order chi connectivity index (χ1) is 8.55. The number of rotatable bonds is 3. The summed E-state index contributed by atoms with van der Waals surface area (Å²) in [6.07, 6.45) is -4.52. The van der Waals surface area contributed by atoms with Crippen LogP contribution in [-0.2, 0) is 6.18 Å². The molecule has 7 heteroatoms. The fourth-order valence-electron chi connectivity index (χ4n) is 1.30. The van der Waals surface area contributed by atoms with E-state index in [1.54, 1.807) is 13.8 Å². The third-order valence-corrected chi connectivity index (χ3v) is 2.79. The molecule has 0 aliphatic rings. The number of carbonyl (C=O) groups is 1. The zero-order valence-electron chi connectivity index (χ0n) is 10.3. The molecule has 106 valence electrons. The van der Waals surface area contributed by atoms with E-state index in [0.717, 1.165) is 12.1 Å². The minimum Gasteiger partial charge on any atom is -0.394 e. The third-order valence-electron chi connectivity index (χ3n) is 2.33. The number of carbonyl (C=O) groups excluding carboxylic acids is 1. The molecule has 0 saturated heterocycles. The lowest BCUT2D eigenvalue weighted by atomic mass is 10.0. The Hall–Kier alpha value is -1.08. The van der Waals surface area contributed by atoms with Gasteiger partial charge in [0.05, 0.1) is 17.7 Å². The van der Waals surface area contributed by atoms with Crippen molar-refractivity contribution in [2.45, 2.75) is 25.6 Å². The Labute approximate surface area is 116 Å². The number of hydrogen-bond donors (Lipinski definition) is 2. The summed E-state index contributed by atoms with van der Waals surface area (Å²) in [7, 11) is 0. The van der Waals surface area contributed by atoms with Crippen LogP contribution < -0.4 is 5.32 Å². The highest BCUT2D eigenvalue weighted by Crippen LogP contribution is 2.32. The van der Waals surface area contributed by atoms with Crippen LogP contribution in [0, 0.1) is 0 Å². The van der Waals surface area contributed by atoms with Gasteiger partial charge in [0.15, 0.2) is 0 Å². The monoisotopic (exact) mass is 339 g/mol. The fourth-order valence-corrected chi connectivity index (χ4v) is 1.80. The molecule has 0 saturated carbocycles. The van der Waals surface area contributed by atoms with Crippen molar-refractivity contribution in [1.82, 2.24) is 5.32 Å². The molecule has 0 atom stereocenters. The first-order valence-corrected chi connectivity index (χ1v) is 6.15. The van der Waals surface area contributed by atoms with Crippen molar-refractivity contribution >= 4 is 21.8 Å². The predicted octanol–water partition coefficient (Wildman–Crippen LogP) is 2.97. The van der Waals surface area contributed by atoms with Gasteiger partial charge in [0, 0.05) is 10.0 Å². The summed E-state index contributed by atoms with van der Waals surface area (Å²) in [5.74, 6) is -0.675. The molecule has 1 aromatic rings. The Kier molecular flexibility index (Phi) is 4.63. The smallest absolute Gasteiger partial charge is 0.394 e. The van der Waals surface area contributed by atoms with Gasteiger partial charge >= 0.3 is 6.18 Å². The van der Waals surface area contributed by atoms with Crippen molar-refractivity contribution in [2.24, 2.45) is 0 Å². The van der Waals surface area contributed by atoms with Crippen molar-refractivity contribution in [3.05, 3.63) is 33.8 Å². The summed E-state index contributed by atoms with van der Waals surface area (Å²) in [5.41, 5.74) is -1.94. The Bertz CT molecular complexity index is 486. The number of aliphatic hydroxyl groups is 1. The summed E-state index contributed by atoms with van der Waals surface area (Å²) in [4.78, 5) is 11.8. The molecule has 1 aromatic carbocycles. The zero-order valence-corrected chi connectivity index (χ0v) is 11.9. The van der Waals surface area contributed by atoms with Crippen LogP contribution in [-0.4, -0.2) is 23.2 Å². The minimum atomic E-state index is -4.52. The number of hydrogen-bond acceptors (Lipinski definition) is 2. The van der Waals surface area contributed by atoms with Gasteiger partial charge in [-0.2, -0.15) is 13.2 Å². The lowest BCUT2D eigenvalue weighted by Crippen LogP contribution is -2.46. The quantitative estimate of drug-likeness (QED) is 0.889. The highest BCUT2D eigenvalue weighted by atomic mass is 79.9. The van der Waals surface area contributed by atoms with Crippen LogP contribution in [0.5, 0.6) is 0 Å². The van der Waals surface area contributed by atoms with E-state index < -0.39 is 23.2 Å². The van der Waals surface area contributed by atoms with Crippen molar-refractivity contribution < 1.29 is 23.1 Å². The molecule has 2 N–H and O–H groups in total. The molecule has 19 heavy (non-hydrogen) atoms. The van der Waals surface area contributed by atoms with E-state index in [1.165, 1.54) is 6.07 Å². The van der Waals surface area contributed by atoms with Gasteiger partial charge in [0.2, 0.25) is 0 Å². The van der Waals surface area contributed by atoms with E-state index in [2.05, 4.69) is 21.2 Å². The zero-order chi connectivity index (χ0) is 14.8. The summed E-state index contributed by atoms with van der Waals surface area (Å²) < 4.78 is 38.0. The van der Waals surface area contributed by atoms with E-state index in [-0.39, 0.29) is 16.6 Å². The Balaban J connectivity index is 3.08. The van der Waals surface area contributed by atoms with Crippen LogP contribution in [0.4, 0.5) is 13.2 Å². The number of amides is 1. The third kappa shape index (κ3) is 4.50. The lowest BCUT2D eigenvalue weighted by Gasteiger charge is -2.23. The maximum atomic E-state index is 12.6.